The van der Waals surface area contributed by atoms with E-state index in [-0.39, 0.29) is 5.01 Å². The number of rotatable bonds is 1. The summed E-state index contributed by atoms with van der Waals surface area (Å²) in [6.07, 6.45) is 1.41. The first-order valence-corrected chi connectivity index (χ1v) is 3.68. The van der Waals surface area contributed by atoms with Gasteiger partial charge in [-0.1, -0.05) is 0 Å². The zero-order chi connectivity index (χ0) is 9.35. The number of hydrogen-bond acceptors (Lipinski definition) is 3. The summed E-state index contributed by atoms with van der Waals surface area (Å²) < 4.78 is 21.1. The van der Waals surface area contributed by atoms with Crippen LogP contribution in [0.3, 0.4) is 0 Å². The highest BCUT2D eigenvalue weighted by atomic mass is 79.9. The van der Waals surface area contributed by atoms with E-state index in [1.165, 1.54) is 6.20 Å². The van der Waals surface area contributed by atoms with Crippen molar-refractivity contribution in [3.63, 3.8) is 0 Å². The summed E-state index contributed by atoms with van der Waals surface area (Å²) in [6, 6.07) is 0. The minimum absolute atomic E-state index is 0.0156. The number of carbonyl (C=O) groups excluding carboxylic acids is 1. The van der Waals surface area contributed by atoms with Crippen molar-refractivity contribution >= 4 is 33.0 Å². The third-order valence-electron chi connectivity index (χ3n) is 0.672. The topological polar surface area (TPSA) is 30.0 Å². The van der Waals surface area contributed by atoms with Crippen molar-refractivity contribution in [1.29, 1.82) is 0 Å². The van der Waals surface area contributed by atoms with Crippen LogP contribution in [0.4, 0.5) is 0 Å². The van der Waals surface area contributed by atoms with E-state index >= 15 is 0 Å². The lowest BCUT2D eigenvalue weighted by Crippen LogP contribution is -1.87. The quantitative estimate of drug-likeness (QED) is 0.663. The highest BCUT2D eigenvalue weighted by Gasteiger charge is 2.02. The molecule has 0 unspecified atom stereocenters. The molecular formula is C5H4BrNOS. The van der Waals surface area contributed by atoms with Gasteiger partial charge in [0.25, 0.3) is 0 Å². The molecule has 0 aliphatic rings. The zero-order valence-electron chi connectivity index (χ0n) is 7.22. The highest BCUT2D eigenvalue weighted by molar-refractivity contribution is 9.11. The van der Waals surface area contributed by atoms with E-state index in [9.17, 15) is 4.79 Å². The van der Waals surface area contributed by atoms with Gasteiger partial charge < -0.3 is 0 Å². The Morgan fingerprint density at radius 1 is 2.11 bits per heavy atom. The van der Waals surface area contributed by atoms with Gasteiger partial charge >= 0.3 is 0 Å². The van der Waals surface area contributed by atoms with Crippen molar-refractivity contribution < 1.29 is 8.91 Å². The summed E-state index contributed by atoms with van der Waals surface area (Å²) in [4.78, 5) is 14.7. The number of thiazole rings is 1. The molecular weight excluding hydrogens is 202 g/mol. The Morgan fingerprint density at radius 2 is 2.89 bits per heavy atom. The van der Waals surface area contributed by atoms with Crippen LogP contribution >= 0.6 is 27.3 Å². The van der Waals surface area contributed by atoms with E-state index in [4.69, 9.17) is 4.11 Å². The second-order valence-corrected chi connectivity index (χ2v) is 3.71. The molecule has 0 atom stereocenters. The fourth-order valence-corrected chi connectivity index (χ4v) is 1.41. The molecule has 0 radical (unpaired) electrons. The van der Waals surface area contributed by atoms with E-state index in [0.29, 0.717) is 3.79 Å². The fraction of sp³-hybridized carbons (Fsp3) is 0.200. The van der Waals surface area contributed by atoms with Crippen LogP contribution in [0.25, 0.3) is 0 Å². The molecule has 0 saturated carbocycles. The van der Waals surface area contributed by atoms with E-state index in [1.807, 2.05) is 0 Å². The van der Waals surface area contributed by atoms with Gasteiger partial charge in [-0.3, -0.25) is 4.79 Å². The lowest BCUT2D eigenvalue weighted by molar-refractivity contribution is 0.101. The SMILES string of the molecule is [2H]C([2H])([2H])C(=O)c1ncc(Br)s1. The van der Waals surface area contributed by atoms with Crippen LogP contribution in [0.1, 0.15) is 20.8 Å². The van der Waals surface area contributed by atoms with Crippen molar-refractivity contribution in [3.8, 4) is 0 Å². The number of nitrogens with zero attached hydrogens (tertiary/aromatic N) is 1. The average Bonchev–Trinajstić information content (AvgIpc) is 2.32. The lowest BCUT2D eigenvalue weighted by Gasteiger charge is -1.78. The zero-order valence-corrected chi connectivity index (χ0v) is 6.62. The molecule has 0 aliphatic carbocycles. The Morgan fingerprint density at radius 3 is 3.33 bits per heavy atom. The monoisotopic (exact) mass is 208 g/mol. The molecule has 0 saturated heterocycles. The van der Waals surface area contributed by atoms with Gasteiger partial charge in [0, 0.05) is 11.0 Å². The molecule has 48 valence electrons. The normalized spacial score (nSPS) is 15.9. The van der Waals surface area contributed by atoms with Gasteiger partial charge in [0.05, 0.1) is 9.98 Å². The smallest absolute Gasteiger partial charge is 0.188 e. The Labute approximate surface area is 69.3 Å². The van der Waals surface area contributed by atoms with Gasteiger partial charge in [-0.15, -0.1) is 11.3 Å². The highest BCUT2D eigenvalue weighted by Crippen LogP contribution is 2.18. The molecule has 1 heterocycles. The maximum atomic E-state index is 11.0. The molecule has 0 spiro atoms. The van der Waals surface area contributed by atoms with Crippen molar-refractivity contribution in [2.75, 3.05) is 0 Å². The van der Waals surface area contributed by atoms with Crippen LogP contribution in [-0.4, -0.2) is 10.8 Å². The first kappa shape index (κ1) is 3.83. The molecule has 0 fully saturated rings. The third kappa shape index (κ3) is 1.59. The van der Waals surface area contributed by atoms with Gasteiger partial charge in [-0.05, 0) is 15.9 Å². The van der Waals surface area contributed by atoms with Gasteiger partial charge in [-0.25, -0.2) is 4.98 Å². The summed E-state index contributed by atoms with van der Waals surface area (Å²) in [5.74, 6) is -0.904. The predicted octanol–water partition coefficient (Wildman–Crippen LogP) is 2.11. The van der Waals surface area contributed by atoms with Crippen LogP contribution in [0, 0.1) is 0 Å². The Balaban J connectivity index is 2.93. The molecule has 1 aromatic rings. The molecule has 0 aromatic carbocycles. The Kier molecular flexibility index (Phi) is 1.10. The Hall–Kier alpha value is -0.220. The number of ketones is 1. The Bertz CT molecular complexity index is 308. The molecule has 9 heavy (non-hydrogen) atoms. The van der Waals surface area contributed by atoms with Gasteiger partial charge in [0.2, 0.25) is 0 Å². The van der Waals surface area contributed by atoms with Crippen molar-refractivity contribution in [3.05, 3.63) is 15.0 Å². The molecule has 4 heteroatoms. The maximum Gasteiger partial charge on any atom is 0.188 e. The van der Waals surface area contributed by atoms with Crippen molar-refractivity contribution in [1.82, 2.24) is 4.98 Å². The number of hydrogen-bond donors (Lipinski definition) is 0. The van der Waals surface area contributed by atoms with E-state index in [1.54, 1.807) is 0 Å². The summed E-state index contributed by atoms with van der Waals surface area (Å²) >= 11 is 4.11. The summed E-state index contributed by atoms with van der Waals surface area (Å²) in [5, 5.41) is 0.0156. The third-order valence-corrected chi connectivity index (χ3v) is 2.15. The number of carbonyl (C=O) groups is 1. The molecule has 1 aromatic heterocycles. The predicted molar refractivity (Wildman–Crippen MR) is 39.8 cm³/mol. The molecule has 2 nitrogen and oxygen atoms in total. The van der Waals surface area contributed by atoms with Crippen molar-refractivity contribution in [2.24, 2.45) is 0 Å². The van der Waals surface area contributed by atoms with Crippen LogP contribution < -0.4 is 0 Å². The van der Waals surface area contributed by atoms with Crippen LogP contribution in [0.5, 0.6) is 0 Å². The van der Waals surface area contributed by atoms with Crippen LogP contribution in [0.2, 0.25) is 0 Å². The number of halogens is 1. The fourth-order valence-electron chi connectivity index (χ4n) is 0.359. The van der Waals surface area contributed by atoms with E-state index in [0.717, 1.165) is 11.3 Å². The molecule has 0 N–H and O–H groups in total. The van der Waals surface area contributed by atoms with Crippen molar-refractivity contribution in [2.45, 2.75) is 6.85 Å². The van der Waals surface area contributed by atoms with E-state index in [2.05, 4.69) is 20.9 Å². The van der Waals surface area contributed by atoms with Gasteiger partial charge in [0.1, 0.15) is 0 Å². The minimum atomic E-state index is -2.59. The lowest BCUT2D eigenvalue weighted by atomic mass is 10.5. The summed E-state index contributed by atoms with van der Waals surface area (Å²) in [6.45, 7) is -2.59. The molecule has 0 bridgehead atoms. The molecule has 0 aliphatic heterocycles. The van der Waals surface area contributed by atoms with Gasteiger partial charge in [-0.2, -0.15) is 0 Å². The molecule has 1 rings (SSSR count). The largest absolute Gasteiger partial charge is 0.292 e. The number of aromatic nitrogens is 1. The maximum absolute atomic E-state index is 11.0. The van der Waals surface area contributed by atoms with E-state index < -0.39 is 12.6 Å². The first-order valence-electron chi connectivity index (χ1n) is 3.57. The molecule has 0 amide bonds. The number of Topliss-reactive ketones (excluding diaryl/α,β-unsaturated/α-hetero) is 1. The summed E-state index contributed by atoms with van der Waals surface area (Å²) in [5.41, 5.74) is 0. The van der Waals surface area contributed by atoms with Crippen LogP contribution in [-0.2, 0) is 0 Å². The van der Waals surface area contributed by atoms with Gasteiger partial charge in [0.15, 0.2) is 10.8 Å². The second kappa shape index (κ2) is 2.58. The summed E-state index contributed by atoms with van der Waals surface area (Å²) in [7, 11) is 0. The van der Waals surface area contributed by atoms with Crippen LogP contribution in [0.15, 0.2) is 9.98 Å². The first-order chi connectivity index (χ1) is 5.41. The second-order valence-electron chi connectivity index (χ2n) is 1.30. The standard InChI is InChI=1S/C5H4BrNOS/c1-3(8)5-7-2-4(6)9-5/h2H,1H3/i1D3. The average molecular weight is 209 g/mol. The minimum Gasteiger partial charge on any atom is -0.292 e.